The summed E-state index contributed by atoms with van der Waals surface area (Å²) in [5.74, 6) is 1.17. The number of nitrogens with one attached hydrogen (secondary N) is 1. The number of phenols is 2. The Balaban J connectivity index is 0.000000176. The highest BCUT2D eigenvalue weighted by Gasteiger charge is 2.15. The third kappa shape index (κ3) is 26.8. The van der Waals surface area contributed by atoms with Gasteiger partial charge in [-0.1, -0.05) is 182 Å². The molecule has 0 saturated heterocycles. The molecule has 1 aliphatic rings. The van der Waals surface area contributed by atoms with Gasteiger partial charge in [-0.3, -0.25) is 52.7 Å². The van der Waals surface area contributed by atoms with Gasteiger partial charge in [0.2, 0.25) is 18.5 Å². The van der Waals surface area contributed by atoms with Crippen molar-refractivity contribution in [2.45, 2.75) is 76.2 Å². The summed E-state index contributed by atoms with van der Waals surface area (Å²) in [7, 11) is 0. The molecule has 15 rings (SSSR count). The van der Waals surface area contributed by atoms with E-state index in [1.165, 1.54) is 59.2 Å². The number of ketones is 10. The Labute approximate surface area is 654 Å². The van der Waals surface area contributed by atoms with Gasteiger partial charge in [0.15, 0.2) is 63.5 Å². The normalized spacial score (nSPS) is 10.3. The first-order valence-electron chi connectivity index (χ1n) is 35.6. The number of amides is 1. The zero-order chi connectivity index (χ0) is 82.3. The van der Waals surface area contributed by atoms with E-state index in [4.69, 9.17) is 9.47 Å². The third-order valence-electron chi connectivity index (χ3n) is 16.9. The third-order valence-corrected chi connectivity index (χ3v) is 16.9. The van der Waals surface area contributed by atoms with Crippen LogP contribution >= 0.6 is 0 Å². The predicted octanol–water partition coefficient (Wildman–Crippen LogP) is 20.5. The Hall–Kier alpha value is -14.4. The van der Waals surface area contributed by atoms with Crippen LogP contribution in [0, 0.1) is 6.92 Å². The second kappa shape index (κ2) is 42.4. The fourth-order valence-electron chi connectivity index (χ4n) is 10.7. The van der Waals surface area contributed by atoms with Crippen molar-refractivity contribution in [2.24, 2.45) is 0 Å². The molecule has 113 heavy (non-hydrogen) atoms. The second-order valence-electron chi connectivity index (χ2n) is 25.6. The highest BCUT2D eigenvalue weighted by molar-refractivity contribution is 6.42. The molecule has 0 bridgehead atoms. The minimum atomic E-state index is -0.425. The van der Waals surface area contributed by atoms with E-state index >= 15 is 0 Å². The number of phenolic OH excluding ortho intramolecular Hbond substituents is 2. The van der Waals surface area contributed by atoms with Crippen LogP contribution in [0.4, 0.5) is 5.69 Å². The van der Waals surface area contributed by atoms with E-state index in [9.17, 15) is 63.0 Å². The van der Waals surface area contributed by atoms with Crippen LogP contribution in [-0.4, -0.2) is 90.7 Å². The molecule has 18 heteroatoms. The SMILES string of the molecule is CC(=O)C(=O)c1ccccc1.CC(=O)Nc1ccc(C(C)=O)cc1.CC(=O)c1ccc2c(c1)OCO2.CC(=O)c1ccc2cc(O)ccc2c1.CC(=O)c1ccc2ccccc2c1.CC(=O)c1ccc2ccccc2c1.CC(=O)c1ccc2ccccc2n1.CC(=O)c1ccc2ccccc2n1.CC(=O)c1cccc(O)c1C. The summed E-state index contributed by atoms with van der Waals surface area (Å²) < 4.78 is 10.2. The fraction of sp³-hybridized carbons (Fsp3) is 0.126. The predicted molar refractivity (Wildman–Crippen MR) is 445 cm³/mol. The van der Waals surface area contributed by atoms with E-state index in [2.05, 4.69) is 15.3 Å². The summed E-state index contributed by atoms with van der Waals surface area (Å²) >= 11 is 0. The molecule has 0 unspecified atom stereocenters. The lowest BCUT2D eigenvalue weighted by atomic mass is 10.0. The van der Waals surface area contributed by atoms with Crippen LogP contribution in [0.15, 0.2) is 285 Å². The lowest BCUT2D eigenvalue weighted by Gasteiger charge is -2.02. The molecular formula is C95H85N3O15. The van der Waals surface area contributed by atoms with E-state index in [1.54, 1.807) is 155 Å². The summed E-state index contributed by atoms with van der Waals surface area (Å²) in [5.41, 5.74) is 8.75. The van der Waals surface area contributed by atoms with Crippen molar-refractivity contribution in [3.8, 4) is 23.0 Å². The van der Waals surface area contributed by atoms with Gasteiger partial charge in [0.25, 0.3) is 0 Å². The van der Waals surface area contributed by atoms with Gasteiger partial charge in [0.1, 0.15) is 22.9 Å². The van der Waals surface area contributed by atoms with Crippen LogP contribution < -0.4 is 14.8 Å². The molecule has 1 aliphatic heterocycles. The molecule has 0 radical (unpaired) electrons. The first-order valence-corrected chi connectivity index (χ1v) is 35.6. The van der Waals surface area contributed by atoms with Crippen LogP contribution in [-0.2, 0) is 9.59 Å². The maximum Gasteiger partial charge on any atom is 0.231 e. The first kappa shape index (κ1) is 85.9. The van der Waals surface area contributed by atoms with Crippen LogP contribution in [0.3, 0.4) is 0 Å². The number of benzene rings is 12. The standard InChI is InChI=1S/C12H10O2.2C12H10O.2C11H9NO.C10H11NO2.C9H8O3.C9H10O2.C9H8O2/c1-8(13)9-2-3-11-7-12(14)5-4-10(11)6-9;2*1-9(13)11-7-6-10-4-2-3-5-12(10)8-11;2*1-8(13)10-7-6-9-4-2-3-5-11(9)12-10;1-7(12)9-3-5-10(6-4-9)11-8(2)13;1-6(10)7-2-3-8-9(4-7)12-5-11-8;1-6-8(7(2)10)4-3-5-9(6)11;1-7(10)9(11)8-5-3-2-4-6-8/h2-7,14H,1H3;2*2-8H,1H3;2*2-7H,1H3;3-6H,1-2H3,(H,11,13);2-4H,5H2,1H3;3-5,11H,1-2H3;2-6H,1H3. The molecular weight excluding hydrogens is 1420 g/mol. The van der Waals surface area contributed by atoms with Crippen LogP contribution in [0.2, 0.25) is 0 Å². The Morgan fingerprint density at radius 3 is 1.12 bits per heavy atom. The van der Waals surface area contributed by atoms with Gasteiger partial charge in [-0.05, 0) is 184 Å². The number of para-hydroxylation sites is 2. The van der Waals surface area contributed by atoms with Crippen molar-refractivity contribution in [2.75, 3.05) is 12.1 Å². The number of rotatable bonds is 11. The van der Waals surface area contributed by atoms with Crippen LogP contribution in [0.25, 0.3) is 54.1 Å². The zero-order valence-corrected chi connectivity index (χ0v) is 64.4. The summed E-state index contributed by atoms with van der Waals surface area (Å²) in [4.78, 5) is 129. The van der Waals surface area contributed by atoms with Gasteiger partial charge in [-0.15, -0.1) is 0 Å². The number of hydrogen-bond donors (Lipinski definition) is 3. The topological polar surface area (TPSA) is 284 Å². The lowest BCUT2D eigenvalue weighted by molar-refractivity contribution is -0.114. The van der Waals surface area contributed by atoms with Gasteiger partial charge < -0.3 is 25.0 Å². The first-order chi connectivity index (χ1) is 54.0. The van der Waals surface area contributed by atoms with Crippen molar-refractivity contribution in [1.82, 2.24) is 9.97 Å². The number of carbonyl (C=O) groups excluding carboxylic acids is 11. The van der Waals surface area contributed by atoms with Gasteiger partial charge >= 0.3 is 0 Å². The maximum absolute atomic E-state index is 11.1. The van der Waals surface area contributed by atoms with E-state index in [1.807, 2.05) is 158 Å². The average Bonchev–Trinajstić information content (AvgIpc) is 1.63. The zero-order valence-electron chi connectivity index (χ0n) is 64.4. The van der Waals surface area contributed by atoms with Crippen molar-refractivity contribution >= 4 is 124 Å². The minimum absolute atomic E-state index is 0.00533. The lowest BCUT2D eigenvalue weighted by Crippen LogP contribution is -2.08. The number of pyridine rings is 2. The van der Waals surface area contributed by atoms with Gasteiger partial charge in [0.05, 0.1) is 11.0 Å². The van der Waals surface area contributed by atoms with E-state index in [0.29, 0.717) is 62.0 Å². The number of anilines is 1. The number of ether oxygens (including phenoxy) is 2. The van der Waals surface area contributed by atoms with E-state index in [-0.39, 0.29) is 70.5 Å². The molecule has 12 aromatic carbocycles. The molecule has 2 aromatic heterocycles. The maximum atomic E-state index is 11.1. The van der Waals surface area contributed by atoms with Crippen molar-refractivity contribution in [1.29, 1.82) is 0 Å². The van der Waals surface area contributed by atoms with Crippen molar-refractivity contribution in [3.63, 3.8) is 0 Å². The second-order valence-corrected chi connectivity index (χ2v) is 25.6. The average molecular weight is 1510 g/mol. The Bertz CT molecular complexity index is 5460. The largest absolute Gasteiger partial charge is 0.508 e. The Morgan fingerprint density at radius 1 is 0.310 bits per heavy atom. The van der Waals surface area contributed by atoms with Crippen LogP contribution in [0.5, 0.6) is 23.0 Å². The summed E-state index contributed by atoms with van der Waals surface area (Å²) in [6.45, 7) is 17.0. The number of aromatic hydroxyl groups is 2. The van der Waals surface area contributed by atoms with E-state index in [0.717, 1.165) is 54.5 Å². The van der Waals surface area contributed by atoms with Crippen molar-refractivity contribution < 1.29 is 72.4 Å². The number of carbonyl (C=O) groups is 11. The molecule has 0 spiro atoms. The molecule has 1 amide bonds. The monoisotopic (exact) mass is 1510 g/mol. The molecule has 0 aliphatic carbocycles. The van der Waals surface area contributed by atoms with Gasteiger partial charge in [0, 0.05) is 88.7 Å². The molecule has 570 valence electrons. The van der Waals surface area contributed by atoms with Crippen LogP contribution in [0.1, 0.15) is 168 Å². The van der Waals surface area contributed by atoms with Gasteiger partial charge in [-0.2, -0.15) is 0 Å². The number of aromatic nitrogens is 2. The molecule has 3 N–H and O–H groups in total. The van der Waals surface area contributed by atoms with E-state index < -0.39 is 11.6 Å². The Morgan fingerprint density at radius 2 is 0.681 bits per heavy atom. The fourth-order valence-corrected chi connectivity index (χ4v) is 10.7. The van der Waals surface area contributed by atoms with Crippen molar-refractivity contribution in [3.05, 3.63) is 341 Å². The minimum Gasteiger partial charge on any atom is -0.508 e. The molecule has 0 atom stereocenters. The highest BCUT2D eigenvalue weighted by Crippen LogP contribution is 2.33. The summed E-state index contributed by atoms with van der Waals surface area (Å²) in [6.07, 6.45) is 0. The number of nitrogens with zero attached hydrogens (tertiary/aromatic N) is 2. The number of fused-ring (bicyclic) bond motifs is 6. The molecule has 18 nitrogen and oxygen atoms in total. The molecule has 0 saturated carbocycles. The molecule has 14 aromatic rings. The summed E-state index contributed by atoms with van der Waals surface area (Å²) in [6, 6.07) is 86.4. The Kier molecular flexibility index (Phi) is 32.2. The summed E-state index contributed by atoms with van der Waals surface area (Å²) in [5, 5.41) is 29.7. The number of hydrogen-bond acceptors (Lipinski definition) is 17. The van der Waals surface area contributed by atoms with Gasteiger partial charge in [-0.25, -0.2) is 9.97 Å². The smallest absolute Gasteiger partial charge is 0.231 e. The number of Topliss-reactive ketones (excluding diaryl/α,β-unsaturated/α-hetero) is 10. The highest BCUT2D eigenvalue weighted by atomic mass is 16.7. The quantitative estimate of drug-likeness (QED) is 0.0801. The molecule has 3 heterocycles. The molecule has 0 fully saturated rings.